The molecule has 1 aliphatic heterocycles. The van der Waals surface area contributed by atoms with Gasteiger partial charge in [0.15, 0.2) is 6.61 Å². The maximum Gasteiger partial charge on any atom is 0.406 e. The number of amides is 4. The van der Waals surface area contributed by atoms with Crippen molar-refractivity contribution in [2.45, 2.75) is 70.1 Å². The normalized spacial score (nSPS) is 27.3. The summed E-state index contributed by atoms with van der Waals surface area (Å²) in [6.07, 6.45) is -0.111. The summed E-state index contributed by atoms with van der Waals surface area (Å²) in [5, 5.41) is 2.70. The Morgan fingerprint density at radius 2 is 1.94 bits per heavy atom. The standard InChI is InChI=1S/C20H28F3N3O5/c1-12-5-3-4-8-19(12)17(29)25(18(30)24-19)9-16(28)31-10-15(27)26(11-20(21,22)23)13(2)14-6-7-14/h12-14H,3-11H2,1-2H3,(H,24,30)/t12-,13+,19-/m1/s1. The molecule has 3 rings (SSSR count). The summed E-state index contributed by atoms with van der Waals surface area (Å²) < 4.78 is 43.5. The first-order valence-corrected chi connectivity index (χ1v) is 10.6. The third-order valence-corrected chi connectivity index (χ3v) is 6.61. The summed E-state index contributed by atoms with van der Waals surface area (Å²) in [6, 6.07) is -1.32. The van der Waals surface area contributed by atoms with Crippen LogP contribution in [0.2, 0.25) is 0 Å². The maximum atomic E-state index is 12.9. The van der Waals surface area contributed by atoms with Gasteiger partial charge >= 0.3 is 18.2 Å². The summed E-state index contributed by atoms with van der Waals surface area (Å²) in [5.74, 6) is -2.57. The van der Waals surface area contributed by atoms with Crippen LogP contribution in [0, 0.1) is 11.8 Å². The van der Waals surface area contributed by atoms with Crippen molar-refractivity contribution in [1.29, 1.82) is 0 Å². The van der Waals surface area contributed by atoms with E-state index in [4.69, 9.17) is 4.74 Å². The van der Waals surface area contributed by atoms with Gasteiger partial charge in [-0.2, -0.15) is 13.2 Å². The Morgan fingerprint density at radius 3 is 2.52 bits per heavy atom. The number of urea groups is 1. The SMILES string of the molecule is C[C@@H]1CCCC[C@@]12NC(=O)N(CC(=O)OCC(=O)N(CC(F)(F)F)[C@@H](C)C1CC1)C2=O. The van der Waals surface area contributed by atoms with Gasteiger partial charge in [0.25, 0.3) is 11.8 Å². The van der Waals surface area contributed by atoms with E-state index in [-0.39, 0.29) is 11.8 Å². The lowest BCUT2D eigenvalue weighted by atomic mass is 9.73. The number of rotatable bonds is 7. The van der Waals surface area contributed by atoms with Crippen molar-refractivity contribution in [2.75, 3.05) is 19.7 Å². The summed E-state index contributed by atoms with van der Waals surface area (Å²) >= 11 is 0. The van der Waals surface area contributed by atoms with E-state index < -0.39 is 61.3 Å². The summed E-state index contributed by atoms with van der Waals surface area (Å²) in [7, 11) is 0. The monoisotopic (exact) mass is 447 g/mol. The van der Waals surface area contributed by atoms with E-state index in [1.807, 2.05) is 6.92 Å². The van der Waals surface area contributed by atoms with Crippen LogP contribution in [0.1, 0.15) is 52.4 Å². The third-order valence-electron chi connectivity index (χ3n) is 6.61. The second-order valence-corrected chi connectivity index (χ2v) is 8.82. The molecule has 0 unspecified atom stereocenters. The molecule has 31 heavy (non-hydrogen) atoms. The van der Waals surface area contributed by atoms with Crippen LogP contribution in [0.25, 0.3) is 0 Å². The molecule has 4 amide bonds. The summed E-state index contributed by atoms with van der Waals surface area (Å²) in [4.78, 5) is 51.1. The minimum Gasteiger partial charge on any atom is -0.454 e. The van der Waals surface area contributed by atoms with Crippen molar-refractivity contribution in [1.82, 2.24) is 15.1 Å². The Labute approximate surface area is 178 Å². The van der Waals surface area contributed by atoms with Crippen molar-refractivity contribution in [3.8, 4) is 0 Å². The van der Waals surface area contributed by atoms with Gasteiger partial charge in [-0.1, -0.05) is 19.8 Å². The lowest BCUT2D eigenvalue weighted by Crippen LogP contribution is -2.54. The predicted molar refractivity (Wildman–Crippen MR) is 102 cm³/mol. The van der Waals surface area contributed by atoms with Crippen molar-refractivity contribution in [2.24, 2.45) is 11.8 Å². The van der Waals surface area contributed by atoms with Gasteiger partial charge in [-0.25, -0.2) is 4.79 Å². The number of hydrogen-bond donors (Lipinski definition) is 1. The predicted octanol–water partition coefficient (Wildman–Crippen LogP) is 2.22. The molecular formula is C20H28F3N3O5. The van der Waals surface area contributed by atoms with Crippen LogP contribution in [0.15, 0.2) is 0 Å². The molecule has 0 aromatic carbocycles. The van der Waals surface area contributed by atoms with Gasteiger partial charge in [0.1, 0.15) is 18.6 Å². The van der Waals surface area contributed by atoms with E-state index in [1.54, 1.807) is 6.92 Å². The molecule has 3 fully saturated rings. The molecule has 11 heteroatoms. The second kappa shape index (κ2) is 8.66. The average molecular weight is 447 g/mol. The Bertz CT molecular complexity index is 755. The highest BCUT2D eigenvalue weighted by molar-refractivity contribution is 6.09. The van der Waals surface area contributed by atoms with Gasteiger partial charge in [-0.05, 0) is 44.4 Å². The molecule has 0 bridgehead atoms. The number of carbonyl (C=O) groups excluding carboxylic acids is 4. The van der Waals surface area contributed by atoms with E-state index >= 15 is 0 Å². The first kappa shape index (κ1) is 23.3. The van der Waals surface area contributed by atoms with Crippen LogP contribution in [0.3, 0.4) is 0 Å². The number of carbonyl (C=O) groups is 4. The number of imide groups is 1. The average Bonchev–Trinajstić information content (AvgIpc) is 3.50. The van der Waals surface area contributed by atoms with Gasteiger partial charge in [0.05, 0.1) is 0 Å². The Balaban J connectivity index is 1.57. The Hall–Kier alpha value is -2.33. The molecule has 1 N–H and O–H groups in total. The maximum absolute atomic E-state index is 12.9. The number of ether oxygens (including phenoxy) is 1. The van der Waals surface area contributed by atoms with Gasteiger partial charge in [-0.15, -0.1) is 0 Å². The summed E-state index contributed by atoms with van der Waals surface area (Å²) in [6.45, 7) is 0.421. The zero-order valence-electron chi connectivity index (χ0n) is 17.7. The molecule has 8 nitrogen and oxygen atoms in total. The second-order valence-electron chi connectivity index (χ2n) is 8.82. The quantitative estimate of drug-likeness (QED) is 0.477. The number of alkyl halides is 3. The zero-order chi connectivity index (χ0) is 23.0. The van der Waals surface area contributed by atoms with Gasteiger partial charge in [-0.3, -0.25) is 19.3 Å². The van der Waals surface area contributed by atoms with Crippen molar-refractivity contribution >= 4 is 23.8 Å². The first-order chi connectivity index (χ1) is 14.4. The van der Waals surface area contributed by atoms with Crippen molar-refractivity contribution in [3.05, 3.63) is 0 Å². The molecule has 1 heterocycles. The fraction of sp³-hybridized carbons (Fsp3) is 0.800. The van der Waals surface area contributed by atoms with Crippen LogP contribution < -0.4 is 5.32 Å². The largest absolute Gasteiger partial charge is 0.454 e. The first-order valence-electron chi connectivity index (χ1n) is 10.6. The minimum absolute atomic E-state index is 0.00147. The molecule has 0 aromatic heterocycles. The van der Waals surface area contributed by atoms with E-state index in [2.05, 4.69) is 5.32 Å². The Kier molecular flexibility index (Phi) is 6.52. The number of halogens is 3. The number of esters is 1. The fourth-order valence-corrected chi connectivity index (χ4v) is 4.52. The zero-order valence-corrected chi connectivity index (χ0v) is 17.7. The molecule has 0 radical (unpaired) electrons. The van der Waals surface area contributed by atoms with Crippen LogP contribution in [0.4, 0.5) is 18.0 Å². The molecule has 174 valence electrons. The molecule has 3 aliphatic rings. The van der Waals surface area contributed by atoms with E-state index in [0.717, 1.165) is 37.0 Å². The molecule has 1 spiro atoms. The highest BCUT2D eigenvalue weighted by Gasteiger charge is 2.55. The van der Waals surface area contributed by atoms with Crippen LogP contribution in [0.5, 0.6) is 0 Å². The van der Waals surface area contributed by atoms with Crippen molar-refractivity contribution in [3.63, 3.8) is 0 Å². The number of nitrogens with zero attached hydrogens (tertiary/aromatic N) is 2. The lowest BCUT2D eigenvalue weighted by Gasteiger charge is -2.36. The third kappa shape index (κ3) is 5.12. The van der Waals surface area contributed by atoms with E-state index in [9.17, 15) is 32.3 Å². The lowest BCUT2D eigenvalue weighted by molar-refractivity contribution is -0.171. The number of nitrogens with one attached hydrogen (secondary N) is 1. The van der Waals surface area contributed by atoms with Gasteiger partial charge in [0, 0.05) is 6.04 Å². The molecule has 2 saturated carbocycles. The molecule has 1 saturated heterocycles. The Morgan fingerprint density at radius 1 is 1.26 bits per heavy atom. The fourth-order valence-electron chi connectivity index (χ4n) is 4.52. The smallest absolute Gasteiger partial charge is 0.406 e. The number of hydrogen-bond acceptors (Lipinski definition) is 5. The molecule has 2 aliphatic carbocycles. The van der Waals surface area contributed by atoms with Crippen LogP contribution in [-0.2, 0) is 19.1 Å². The molecular weight excluding hydrogens is 419 g/mol. The topological polar surface area (TPSA) is 96.0 Å². The highest BCUT2D eigenvalue weighted by Crippen LogP contribution is 2.38. The highest BCUT2D eigenvalue weighted by atomic mass is 19.4. The van der Waals surface area contributed by atoms with E-state index in [0.29, 0.717) is 11.3 Å². The van der Waals surface area contributed by atoms with Crippen molar-refractivity contribution < 1.29 is 37.1 Å². The van der Waals surface area contributed by atoms with Crippen LogP contribution >= 0.6 is 0 Å². The molecule has 0 aromatic rings. The van der Waals surface area contributed by atoms with E-state index in [1.165, 1.54) is 0 Å². The summed E-state index contributed by atoms with van der Waals surface area (Å²) in [5.41, 5.74) is -1.03. The molecule has 3 atom stereocenters. The van der Waals surface area contributed by atoms with Crippen LogP contribution in [-0.4, -0.2) is 71.1 Å². The van der Waals surface area contributed by atoms with Gasteiger partial charge < -0.3 is 15.0 Å². The van der Waals surface area contributed by atoms with Gasteiger partial charge in [0.2, 0.25) is 0 Å². The minimum atomic E-state index is -4.58.